The molecular weight excluding hydrogens is 435 g/mol. The van der Waals surface area contributed by atoms with Gasteiger partial charge in [0.05, 0.1) is 5.69 Å². The van der Waals surface area contributed by atoms with Crippen molar-refractivity contribution in [3.63, 3.8) is 0 Å². The summed E-state index contributed by atoms with van der Waals surface area (Å²) in [5.74, 6) is -1.94. The Hall–Kier alpha value is -4.04. The molecule has 0 spiro atoms. The predicted molar refractivity (Wildman–Crippen MR) is 106 cm³/mol. The fraction of sp³-hybridized carbons (Fsp3) is 0.0500. The topological polar surface area (TPSA) is 115 Å². The maximum atomic E-state index is 12.4. The van der Waals surface area contributed by atoms with Gasteiger partial charge in [0.25, 0.3) is 5.91 Å². The molecule has 1 heterocycles. The van der Waals surface area contributed by atoms with Gasteiger partial charge in [0.2, 0.25) is 0 Å². The molecule has 0 radical (unpaired) electrons. The molecule has 0 atom stereocenters. The zero-order valence-corrected chi connectivity index (χ0v) is 16.2. The molecule has 0 aliphatic rings. The average Bonchev–Trinajstić information content (AvgIpc) is 3.16. The fourth-order valence-corrected chi connectivity index (χ4v) is 3.14. The molecule has 3 rings (SSSR count). The molecule has 0 bridgehead atoms. The SMILES string of the molecule is N#C/C(=C\c1ccc(O)c(O)c1)C(=O)Nc1nc(-c2cccc(OC(F)(F)F)c2)cs1. The Balaban J connectivity index is 1.76. The third-order valence-electron chi connectivity index (χ3n) is 3.76. The summed E-state index contributed by atoms with van der Waals surface area (Å²) in [5, 5.41) is 32.2. The molecule has 3 aromatic rings. The third kappa shape index (κ3) is 5.74. The van der Waals surface area contributed by atoms with Crippen LogP contribution >= 0.6 is 11.3 Å². The summed E-state index contributed by atoms with van der Waals surface area (Å²) in [7, 11) is 0. The molecular formula is C20H12F3N3O4S. The zero-order chi connectivity index (χ0) is 22.6. The summed E-state index contributed by atoms with van der Waals surface area (Å²) < 4.78 is 41.0. The third-order valence-corrected chi connectivity index (χ3v) is 4.52. The van der Waals surface area contributed by atoms with Crippen LogP contribution in [-0.2, 0) is 4.79 Å². The van der Waals surface area contributed by atoms with Crippen LogP contribution in [0.15, 0.2) is 53.4 Å². The van der Waals surface area contributed by atoms with E-state index >= 15 is 0 Å². The van der Waals surface area contributed by atoms with Crippen LogP contribution in [0.1, 0.15) is 5.56 Å². The number of carbonyl (C=O) groups is 1. The van der Waals surface area contributed by atoms with E-state index in [0.29, 0.717) is 16.8 Å². The van der Waals surface area contributed by atoms with Crippen LogP contribution in [0.5, 0.6) is 17.2 Å². The number of aromatic hydroxyl groups is 2. The minimum atomic E-state index is -4.83. The zero-order valence-electron chi connectivity index (χ0n) is 15.3. The molecule has 0 unspecified atom stereocenters. The second kappa shape index (κ2) is 8.76. The highest BCUT2D eigenvalue weighted by atomic mass is 32.1. The van der Waals surface area contributed by atoms with E-state index in [1.165, 1.54) is 41.8 Å². The highest BCUT2D eigenvalue weighted by molar-refractivity contribution is 7.14. The van der Waals surface area contributed by atoms with E-state index in [-0.39, 0.29) is 16.5 Å². The summed E-state index contributed by atoms with van der Waals surface area (Å²) in [6, 6.07) is 10.7. The Morgan fingerprint density at radius 3 is 2.65 bits per heavy atom. The van der Waals surface area contributed by atoms with E-state index in [1.807, 2.05) is 0 Å². The first-order valence-corrected chi connectivity index (χ1v) is 9.29. The number of thiazole rings is 1. The Morgan fingerprint density at radius 1 is 1.19 bits per heavy atom. The lowest BCUT2D eigenvalue weighted by atomic mass is 10.1. The van der Waals surface area contributed by atoms with E-state index in [9.17, 15) is 33.4 Å². The number of phenolic OH excluding ortho intramolecular Hbond substituents is 2. The summed E-state index contributed by atoms with van der Waals surface area (Å²) >= 11 is 1.01. The van der Waals surface area contributed by atoms with Crippen molar-refractivity contribution in [3.05, 3.63) is 59.0 Å². The summed E-state index contributed by atoms with van der Waals surface area (Å²) in [6.45, 7) is 0. The Morgan fingerprint density at radius 2 is 1.97 bits per heavy atom. The Kier molecular flexibility index (Phi) is 6.12. The van der Waals surface area contributed by atoms with Crippen LogP contribution in [0.25, 0.3) is 17.3 Å². The number of carbonyl (C=O) groups excluding carboxylic acids is 1. The van der Waals surface area contributed by atoms with E-state index < -0.39 is 23.8 Å². The van der Waals surface area contributed by atoms with E-state index in [1.54, 1.807) is 6.07 Å². The number of ether oxygens (including phenoxy) is 1. The number of hydrogen-bond donors (Lipinski definition) is 3. The molecule has 0 saturated heterocycles. The Bertz CT molecular complexity index is 1200. The number of nitrogens with zero attached hydrogens (tertiary/aromatic N) is 2. The number of alkyl halides is 3. The summed E-state index contributed by atoms with van der Waals surface area (Å²) in [4.78, 5) is 16.5. The molecule has 31 heavy (non-hydrogen) atoms. The van der Waals surface area contributed by atoms with Crippen molar-refractivity contribution in [2.24, 2.45) is 0 Å². The molecule has 0 fully saturated rings. The lowest BCUT2D eigenvalue weighted by Gasteiger charge is -2.09. The smallest absolute Gasteiger partial charge is 0.504 e. The molecule has 1 aromatic heterocycles. The maximum absolute atomic E-state index is 12.4. The lowest BCUT2D eigenvalue weighted by Crippen LogP contribution is -2.17. The van der Waals surface area contributed by atoms with Gasteiger partial charge in [-0.05, 0) is 35.9 Å². The van der Waals surface area contributed by atoms with Gasteiger partial charge in [0.15, 0.2) is 16.6 Å². The van der Waals surface area contributed by atoms with Gasteiger partial charge in [-0.3, -0.25) is 10.1 Å². The Labute approximate surface area is 177 Å². The summed E-state index contributed by atoms with van der Waals surface area (Å²) in [6.07, 6.45) is -3.62. The number of phenols is 2. The number of hydrogen-bond acceptors (Lipinski definition) is 7. The number of halogens is 3. The van der Waals surface area contributed by atoms with Crippen molar-refractivity contribution in [1.82, 2.24) is 4.98 Å². The monoisotopic (exact) mass is 447 g/mol. The number of nitrogens with one attached hydrogen (secondary N) is 1. The molecule has 7 nitrogen and oxygen atoms in total. The number of anilines is 1. The maximum Gasteiger partial charge on any atom is 0.573 e. The highest BCUT2D eigenvalue weighted by Gasteiger charge is 2.31. The van der Waals surface area contributed by atoms with Crippen LogP contribution < -0.4 is 10.1 Å². The van der Waals surface area contributed by atoms with Crippen molar-refractivity contribution in [1.29, 1.82) is 5.26 Å². The molecule has 1 amide bonds. The van der Waals surface area contributed by atoms with Gasteiger partial charge in [-0.1, -0.05) is 18.2 Å². The molecule has 0 aliphatic carbocycles. The van der Waals surface area contributed by atoms with E-state index in [4.69, 9.17) is 0 Å². The van der Waals surface area contributed by atoms with Gasteiger partial charge >= 0.3 is 6.36 Å². The van der Waals surface area contributed by atoms with Crippen molar-refractivity contribution in [3.8, 4) is 34.6 Å². The molecule has 3 N–H and O–H groups in total. The van der Waals surface area contributed by atoms with Crippen molar-refractivity contribution < 1.29 is 32.9 Å². The second-order valence-corrected chi connectivity index (χ2v) is 6.84. The quantitative estimate of drug-likeness (QED) is 0.298. The number of aromatic nitrogens is 1. The summed E-state index contributed by atoms with van der Waals surface area (Å²) in [5.41, 5.74) is 0.665. The first kappa shape index (κ1) is 21.7. The molecule has 2 aromatic carbocycles. The molecule has 11 heteroatoms. The van der Waals surface area contributed by atoms with Gasteiger partial charge in [-0.2, -0.15) is 5.26 Å². The van der Waals surface area contributed by atoms with Gasteiger partial charge in [0, 0.05) is 10.9 Å². The van der Waals surface area contributed by atoms with Gasteiger partial charge in [-0.25, -0.2) is 4.98 Å². The van der Waals surface area contributed by atoms with Crippen LogP contribution in [0.2, 0.25) is 0 Å². The molecule has 0 saturated carbocycles. The van der Waals surface area contributed by atoms with Crippen LogP contribution in [0, 0.1) is 11.3 Å². The number of amides is 1. The number of benzene rings is 2. The van der Waals surface area contributed by atoms with Gasteiger partial charge in [-0.15, -0.1) is 24.5 Å². The van der Waals surface area contributed by atoms with Crippen LogP contribution in [-0.4, -0.2) is 27.5 Å². The van der Waals surface area contributed by atoms with E-state index in [2.05, 4.69) is 15.0 Å². The molecule has 158 valence electrons. The normalized spacial score (nSPS) is 11.6. The minimum absolute atomic E-state index is 0.122. The van der Waals surface area contributed by atoms with Crippen molar-refractivity contribution in [2.45, 2.75) is 6.36 Å². The van der Waals surface area contributed by atoms with Crippen LogP contribution in [0.3, 0.4) is 0 Å². The number of rotatable bonds is 5. The standard InChI is InChI=1S/C20H12F3N3O4S/c21-20(22,23)30-14-3-1-2-12(8-14)15-10-31-19(25-15)26-18(29)13(9-24)6-11-4-5-16(27)17(28)7-11/h1-8,10,27-28H,(H,25,26,29)/b13-6+. The second-order valence-electron chi connectivity index (χ2n) is 5.99. The van der Waals surface area contributed by atoms with Crippen molar-refractivity contribution >= 4 is 28.5 Å². The van der Waals surface area contributed by atoms with Gasteiger partial charge in [0.1, 0.15) is 17.4 Å². The van der Waals surface area contributed by atoms with Crippen LogP contribution in [0.4, 0.5) is 18.3 Å². The number of nitriles is 1. The average molecular weight is 447 g/mol. The predicted octanol–water partition coefficient (Wildman–Crippen LogP) is 4.67. The first-order chi connectivity index (χ1) is 14.6. The highest BCUT2D eigenvalue weighted by Crippen LogP contribution is 2.30. The first-order valence-electron chi connectivity index (χ1n) is 8.41. The largest absolute Gasteiger partial charge is 0.573 e. The minimum Gasteiger partial charge on any atom is -0.504 e. The molecule has 0 aliphatic heterocycles. The van der Waals surface area contributed by atoms with E-state index in [0.717, 1.165) is 23.5 Å². The van der Waals surface area contributed by atoms with Crippen molar-refractivity contribution in [2.75, 3.05) is 5.32 Å². The fourth-order valence-electron chi connectivity index (χ4n) is 2.43. The lowest BCUT2D eigenvalue weighted by molar-refractivity contribution is -0.274. The van der Waals surface area contributed by atoms with Gasteiger partial charge < -0.3 is 14.9 Å².